The Balaban J connectivity index is 2.02. The quantitative estimate of drug-likeness (QED) is 0.468. The van der Waals surface area contributed by atoms with Crippen molar-refractivity contribution in [2.75, 3.05) is 7.11 Å². The van der Waals surface area contributed by atoms with Crippen LogP contribution in [0.2, 0.25) is 0 Å². The number of carbonyl (C=O) groups is 1. The zero-order valence-electron chi connectivity index (χ0n) is 8.43. The minimum Gasteiger partial charge on any atom is -0.454 e. The molecular weight excluding hydrogens is 188 g/mol. The highest BCUT2D eigenvalue weighted by molar-refractivity contribution is 5.66. The molecule has 0 N–H and O–H groups in total. The summed E-state index contributed by atoms with van der Waals surface area (Å²) in [5.74, 6) is -0.343. The number of ether oxygens (including phenoxy) is 4. The van der Waals surface area contributed by atoms with Crippen LogP contribution in [0.3, 0.4) is 0 Å². The van der Waals surface area contributed by atoms with Gasteiger partial charge in [-0.05, 0) is 6.92 Å². The largest absolute Gasteiger partial charge is 0.454 e. The molecule has 2 fully saturated rings. The predicted molar refractivity (Wildman–Crippen MR) is 45.6 cm³/mol. The normalized spacial score (nSPS) is 45.5. The van der Waals surface area contributed by atoms with Crippen molar-refractivity contribution in [3.63, 3.8) is 0 Å². The molecule has 0 aliphatic carbocycles. The second-order valence-corrected chi connectivity index (χ2v) is 3.58. The Hall–Kier alpha value is -0.650. The zero-order valence-corrected chi connectivity index (χ0v) is 8.43. The molecule has 0 amide bonds. The fourth-order valence-corrected chi connectivity index (χ4v) is 1.80. The summed E-state index contributed by atoms with van der Waals surface area (Å²) in [4.78, 5) is 10.8. The molecule has 0 bridgehead atoms. The molecule has 2 rings (SSSR count). The van der Waals surface area contributed by atoms with E-state index in [1.807, 2.05) is 6.92 Å². The number of epoxide rings is 1. The van der Waals surface area contributed by atoms with Crippen LogP contribution in [0.15, 0.2) is 0 Å². The lowest BCUT2D eigenvalue weighted by molar-refractivity contribution is -0.225. The summed E-state index contributed by atoms with van der Waals surface area (Å²) in [5, 5.41) is 0. The molecule has 0 aromatic carbocycles. The summed E-state index contributed by atoms with van der Waals surface area (Å²) in [5.41, 5.74) is 0. The number of methoxy groups -OCH3 is 1. The minimum atomic E-state index is -0.516. The standard InChI is InChI=1S/C9H14O5/c1-4-6-7(14-6)8(13-5(2)10)9(11-3)12-4/h4,6-9H,1-3H3. The minimum absolute atomic E-state index is 0.00300. The zero-order chi connectivity index (χ0) is 10.3. The molecule has 0 radical (unpaired) electrons. The van der Waals surface area contributed by atoms with Crippen LogP contribution in [0.5, 0.6) is 0 Å². The van der Waals surface area contributed by atoms with Crippen LogP contribution in [0.1, 0.15) is 13.8 Å². The van der Waals surface area contributed by atoms with Gasteiger partial charge in [0.05, 0.1) is 6.10 Å². The maximum Gasteiger partial charge on any atom is 0.303 e. The van der Waals surface area contributed by atoms with Gasteiger partial charge in [0.15, 0.2) is 12.4 Å². The monoisotopic (exact) mass is 202 g/mol. The molecular formula is C9H14O5. The van der Waals surface area contributed by atoms with Crippen LogP contribution in [-0.2, 0) is 23.7 Å². The van der Waals surface area contributed by atoms with Crippen LogP contribution in [0.4, 0.5) is 0 Å². The molecule has 80 valence electrons. The van der Waals surface area contributed by atoms with Crippen LogP contribution in [0.25, 0.3) is 0 Å². The maximum atomic E-state index is 10.8. The van der Waals surface area contributed by atoms with E-state index >= 15 is 0 Å². The summed E-state index contributed by atoms with van der Waals surface area (Å²) >= 11 is 0. The number of rotatable bonds is 2. The molecule has 5 heteroatoms. The van der Waals surface area contributed by atoms with E-state index in [9.17, 15) is 4.79 Å². The second-order valence-electron chi connectivity index (χ2n) is 3.58. The van der Waals surface area contributed by atoms with Gasteiger partial charge in [0.25, 0.3) is 0 Å². The van der Waals surface area contributed by atoms with Crippen molar-refractivity contribution in [2.24, 2.45) is 0 Å². The molecule has 2 aliphatic heterocycles. The third-order valence-electron chi connectivity index (χ3n) is 2.50. The lowest BCUT2D eigenvalue weighted by Gasteiger charge is -2.30. The average molecular weight is 202 g/mol. The SMILES string of the molecule is COC1OC(C)C2OC2C1OC(C)=O. The van der Waals surface area contributed by atoms with Gasteiger partial charge in [0.2, 0.25) is 0 Å². The smallest absolute Gasteiger partial charge is 0.303 e. The summed E-state index contributed by atoms with van der Waals surface area (Å²) in [6, 6.07) is 0. The van der Waals surface area contributed by atoms with E-state index in [4.69, 9.17) is 18.9 Å². The summed E-state index contributed by atoms with van der Waals surface area (Å²) < 4.78 is 21.0. The van der Waals surface area contributed by atoms with Gasteiger partial charge >= 0.3 is 5.97 Å². The van der Waals surface area contributed by atoms with E-state index in [2.05, 4.69) is 0 Å². The predicted octanol–water partition coefficient (Wildman–Crippen LogP) is 0.0767. The van der Waals surface area contributed by atoms with Gasteiger partial charge in [-0.15, -0.1) is 0 Å². The van der Waals surface area contributed by atoms with Gasteiger partial charge in [-0.2, -0.15) is 0 Å². The maximum absolute atomic E-state index is 10.8. The molecule has 14 heavy (non-hydrogen) atoms. The van der Waals surface area contributed by atoms with Gasteiger partial charge in [-0.1, -0.05) is 0 Å². The van der Waals surface area contributed by atoms with Crippen LogP contribution >= 0.6 is 0 Å². The lowest BCUT2D eigenvalue weighted by atomic mass is 10.1. The molecule has 0 saturated carbocycles. The third kappa shape index (κ3) is 1.63. The van der Waals surface area contributed by atoms with E-state index in [1.165, 1.54) is 14.0 Å². The highest BCUT2D eigenvalue weighted by atomic mass is 16.7. The van der Waals surface area contributed by atoms with E-state index in [0.717, 1.165) is 0 Å². The highest BCUT2D eigenvalue weighted by Gasteiger charge is 2.58. The Bertz CT molecular complexity index is 241. The molecule has 5 unspecified atom stereocenters. The summed E-state index contributed by atoms with van der Waals surface area (Å²) in [7, 11) is 1.52. The van der Waals surface area contributed by atoms with Crippen molar-refractivity contribution >= 4 is 5.97 Å². The Kier molecular flexibility index (Phi) is 2.47. The van der Waals surface area contributed by atoms with Gasteiger partial charge < -0.3 is 18.9 Å². The first-order valence-corrected chi connectivity index (χ1v) is 4.64. The first-order chi connectivity index (χ1) is 6.63. The molecule has 0 aromatic rings. The Morgan fingerprint density at radius 1 is 1.29 bits per heavy atom. The first-order valence-electron chi connectivity index (χ1n) is 4.64. The Morgan fingerprint density at radius 2 is 2.00 bits per heavy atom. The van der Waals surface area contributed by atoms with Crippen molar-refractivity contribution < 1.29 is 23.7 Å². The van der Waals surface area contributed by atoms with Crippen molar-refractivity contribution in [1.82, 2.24) is 0 Å². The molecule has 0 aromatic heterocycles. The Labute approximate surface area is 82.3 Å². The molecule has 5 atom stereocenters. The van der Waals surface area contributed by atoms with Crippen molar-refractivity contribution in [3.05, 3.63) is 0 Å². The van der Waals surface area contributed by atoms with E-state index in [1.54, 1.807) is 0 Å². The van der Waals surface area contributed by atoms with Gasteiger partial charge in [-0.3, -0.25) is 4.79 Å². The second kappa shape index (κ2) is 3.49. The summed E-state index contributed by atoms with van der Waals surface area (Å²) in [6.45, 7) is 3.28. The van der Waals surface area contributed by atoms with Crippen LogP contribution in [-0.4, -0.2) is 43.8 Å². The summed E-state index contributed by atoms with van der Waals surface area (Å²) in [6.07, 6.45) is -0.966. The fraction of sp³-hybridized carbons (Fsp3) is 0.889. The van der Waals surface area contributed by atoms with Crippen LogP contribution < -0.4 is 0 Å². The molecule has 2 aliphatic rings. The number of esters is 1. The Morgan fingerprint density at radius 3 is 2.57 bits per heavy atom. The molecule has 5 nitrogen and oxygen atoms in total. The first kappa shape index (κ1) is 9.89. The fourth-order valence-electron chi connectivity index (χ4n) is 1.80. The van der Waals surface area contributed by atoms with Gasteiger partial charge in [-0.25, -0.2) is 0 Å². The average Bonchev–Trinajstić information content (AvgIpc) is 2.88. The molecule has 2 heterocycles. The van der Waals surface area contributed by atoms with Crippen molar-refractivity contribution in [1.29, 1.82) is 0 Å². The number of hydrogen-bond acceptors (Lipinski definition) is 5. The van der Waals surface area contributed by atoms with E-state index < -0.39 is 12.4 Å². The highest BCUT2D eigenvalue weighted by Crippen LogP contribution is 2.38. The third-order valence-corrected chi connectivity index (χ3v) is 2.50. The van der Waals surface area contributed by atoms with Crippen molar-refractivity contribution in [3.8, 4) is 0 Å². The molecule has 0 spiro atoms. The van der Waals surface area contributed by atoms with Gasteiger partial charge in [0.1, 0.15) is 12.2 Å². The molecule has 2 saturated heterocycles. The number of fused-ring (bicyclic) bond motifs is 1. The number of carbonyl (C=O) groups excluding carboxylic acids is 1. The van der Waals surface area contributed by atoms with Crippen LogP contribution in [0, 0.1) is 0 Å². The van der Waals surface area contributed by atoms with Gasteiger partial charge in [0, 0.05) is 14.0 Å². The van der Waals surface area contributed by atoms with E-state index in [0.29, 0.717) is 0 Å². The van der Waals surface area contributed by atoms with E-state index in [-0.39, 0.29) is 24.3 Å². The van der Waals surface area contributed by atoms with Crippen molar-refractivity contribution in [2.45, 2.75) is 44.6 Å². The topological polar surface area (TPSA) is 57.3 Å². The number of hydrogen-bond donors (Lipinski definition) is 0. The lowest BCUT2D eigenvalue weighted by Crippen LogP contribution is -2.47.